The Labute approximate surface area is 134 Å². The van der Waals surface area contributed by atoms with Crippen LogP contribution in [0.3, 0.4) is 0 Å². The zero-order valence-electron chi connectivity index (χ0n) is 13.8. The molecule has 2 heterocycles. The molecular weight excluding hydrogens is 290 g/mol. The van der Waals surface area contributed by atoms with Gasteiger partial charge in [0.15, 0.2) is 5.65 Å². The van der Waals surface area contributed by atoms with Crippen molar-refractivity contribution in [1.82, 2.24) is 14.6 Å². The van der Waals surface area contributed by atoms with Crippen molar-refractivity contribution in [3.05, 3.63) is 64.1 Å². The number of hydrogen-bond donors (Lipinski definition) is 0. The number of carbonyl (C=O) groups is 1. The van der Waals surface area contributed by atoms with Crippen molar-refractivity contribution >= 4 is 11.6 Å². The molecule has 0 spiro atoms. The first kappa shape index (κ1) is 15.2. The highest BCUT2D eigenvalue weighted by Gasteiger charge is 2.18. The Morgan fingerprint density at radius 1 is 1.26 bits per heavy atom. The number of methoxy groups -OCH3 is 1. The van der Waals surface area contributed by atoms with Gasteiger partial charge in [-0.1, -0.05) is 29.8 Å². The molecule has 3 rings (SSSR count). The molecule has 23 heavy (non-hydrogen) atoms. The Hall–Kier alpha value is -2.69. The van der Waals surface area contributed by atoms with E-state index in [9.17, 15) is 4.79 Å². The fourth-order valence-electron chi connectivity index (χ4n) is 2.85. The summed E-state index contributed by atoms with van der Waals surface area (Å²) in [6.07, 6.45) is 2.30. The number of carbonyl (C=O) groups excluding carboxylic acids is 1. The first-order valence-electron chi connectivity index (χ1n) is 7.49. The summed E-state index contributed by atoms with van der Waals surface area (Å²) in [6, 6.07) is 8.43. The number of benzene rings is 1. The number of nitrogens with zero attached hydrogens (tertiary/aromatic N) is 3. The van der Waals surface area contributed by atoms with Gasteiger partial charge < -0.3 is 4.74 Å². The van der Waals surface area contributed by atoms with E-state index in [1.807, 2.05) is 13.8 Å². The van der Waals surface area contributed by atoms with Gasteiger partial charge in [0.05, 0.1) is 13.3 Å². The van der Waals surface area contributed by atoms with Crippen LogP contribution < -0.4 is 0 Å². The zero-order valence-corrected chi connectivity index (χ0v) is 13.8. The van der Waals surface area contributed by atoms with Crippen LogP contribution in [0.4, 0.5) is 0 Å². The summed E-state index contributed by atoms with van der Waals surface area (Å²) in [5.74, 6) is -0.419. The van der Waals surface area contributed by atoms with Crippen LogP contribution in [0.5, 0.6) is 0 Å². The normalized spacial score (nSPS) is 11.0. The van der Waals surface area contributed by atoms with E-state index >= 15 is 0 Å². The van der Waals surface area contributed by atoms with E-state index < -0.39 is 5.97 Å². The van der Waals surface area contributed by atoms with Crippen molar-refractivity contribution in [2.24, 2.45) is 0 Å². The van der Waals surface area contributed by atoms with Crippen molar-refractivity contribution in [1.29, 1.82) is 0 Å². The largest absolute Gasteiger partial charge is 0.465 e. The van der Waals surface area contributed by atoms with E-state index in [2.05, 4.69) is 41.3 Å². The van der Waals surface area contributed by atoms with Gasteiger partial charge in [-0.15, -0.1) is 0 Å². The van der Waals surface area contributed by atoms with Crippen LogP contribution in [0.1, 0.15) is 38.4 Å². The van der Waals surface area contributed by atoms with Gasteiger partial charge in [0.2, 0.25) is 0 Å². The molecule has 0 aliphatic heterocycles. The van der Waals surface area contributed by atoms with E-state index in [0.717, 1.165) is 23.4 Å². The molecule has 0 unspecified atom stereocenters. The molecule has 0 amide bonds. The summed E-state index contributed by atoms with van der Waals surface area (Å²) in [7, 11) is 1.36. The van der Waals surface area contributed by atoms with E-state index in [4.69, 9.17) is 4.74 Å². The van der Waals surface area contributed by atoms with Crippen LogP contribution in [0.25, 0.3) is 5.65 Å². The quantitative estimate of drug-likeness (QED) is 0.698. The van der Waals surface area contributed by atoms with Crippen molar-refractivity contribution in [2.75, 3.05) is 7.11 Å². The molecule has 0 saturated heterocycles. The lowest BCUT2D eigenvalue weighted by atomic mass is 10.0. The van der Waals surface area contributed by atoms with Gasteiger partial charge in [0.25, 0.3) is 0 Å². The third-order valence-electron chi connectivity index (χ3n) is 4.08. The second-order valence-corrected chi connectivity index (χ2v) is 5.71. The Morgan fingerprint density at radius 3 is 2.74 bits per heavy atom. The Morgan fingerprint density at radius 2 is 2.04 bits per heavy atom. The topological polar surface area (TPSA) is 56.5 Å². The van der Waals surface area contributed by atoms with E-state index in [0.29, 0.717) is 11.2 Å². The highest BCUT2D eigenvalue weighted by molar-refractivity contribution is 5.95. The Balaban J connectivity index is 2.10. The average Bonchev–Trinajstić information content (AvgIpc) is 2.94. The summed E-state index contributed by atoms with van der Waals surface area (Å²) >= 11 is 0. The second-order valence-electron chi connectivity index (χ2n) is 5.71. The van der Waals surface area contributed by atoms with Crippen molar-refractivity contribution < 1.29 is 9.53 Å². The van der Waals surface area contributed by atoms with E-state index in [1.54, 1.807) is 4.52 Å². The number of aromatic nitrogens is 3. The third kappa shape index (κ3) is 2.70. The van der Waals surface area contributed by atoms with Gasteiger partial charge in [-0.3, -0.25) is 0 Å². The first-order valence-corrected chi connectivity index (χ1v) is 7.49. The molecule has 0 saturated carbocycles. The van der Waals surface area contributed by atoms with Crippen LogP contribution in [-0.4, -0.2) is 27.7 Å². The molecular formula is C18H19N3O2. The molecule has 2 aromatic heterocycles. The fraction of sp³-hybridized carbons (Fsp3) is 0.278. The van der Waals surface area contributed by atoms with Crippen LogP contribution in [0.2, 0.25) is 0 Å². The monoisotopic (exact) mass is 309 g/mol. The lowest BCUT2D eigenvalue weighted by Gasteiger charge is -2.12. The maximum Gasteiger partial charge on any atom is 0.343 e. The number of rotatable bonds is 3. The number of hydrogen-bond acceptors (Lipinski definition) is 4. The molecule has 5 heteroatoms. The molecule has 0 atom stereocenters. The van der Waals surface area contributed by atoms with Crippen LogP contribution >= 0.6 is 0 Å². The fourth-order valence-corrected chi connectivity index (χ4v) is 2.85. The van der Waals surface area contributed by atoms with E-state index in [1.165, 1.54) is 24.4 Å². The van der Waals surface area contributed by atoms with Gasteiger partial charge >= 0.3 is 5.97 Å². The Bertz CT molecular complexity index is 897. The standard InChI is InChI=1S/C18H19N3O2/c1-11-6-5-7-14(8-11)9-15-12(2)20-17-16(18(22)23-4)10-19-21(17)13(15)3/h5-8,10H,9H2,1-4H3. The van der Waals surface area contributed by atoms with Crippen LogP contribution in [-0.2, 0) is 11.2 Å². The molecule has 0 radical (unpaired) electrons. The molecule has 0 aliphatic carbocycles. The summed E-state index contributed by atoms with van der Waals surface area (Å²) < 4.78 is 6.50. The first-order chi connectivity index (χ1) is 11.0. The highest BCUT2D eigenvalue weighted by atomic mass is 16.5. The molecule has 3 aromatic rings. The smallest absolute Gasteiger partial charge is 0.343 e. The summed E-state index contributed by atoms with van der Waals surface area (Å²) in [4.78, 5) is 16.4. The lowest BCUT2D eigenvalue weighted by Crippen LogP contribution is -2.08. The predicted molar refractivity (Wildman–Crippen MR) is 87.8 cm³/mol. The predicted octanol–water partition coefficient (Wildman–Crippen LogP) is 3.03. The molecule has 0 bridgehead atoms. The van der Waals surface area contributed by atoms with Gasteiger partial charge in [0, 0.05) is 17.8 Å². The summed E-state index contributed by atoms with van der Waals surface area (Å²) in [5, 5.41) is 4.30. The average molecular weight is 309 g/mol. The maximum absolute atomic E-state index is 11.8. The second kappa shape index (κ2) is 5.83. The minimum absolute atomic E-state index is 0.390. The van der Waals surface area contributed by atoms with Crippen molar-refractivity contribution in [3.63, 3.8) is 0 Å². The summed E-state index contributed by atoms with van der Waals surface area (Å²) in [6.45, 7) is 6.05. The van der Waals surface area contributed by atoms with Crippen LogP contribution in [0, 0.1) is 20.8 Å². The van der Waals surface area contributed by atoms with Crippen LogP contribution in [0.15, 0.2) is 30.5 Å². The molecule has 5 nitrogen and oxygen atoms in total. The summed E-state index contributed by atoms with van der Waals surface area (Å²) in [5.41, 5.74) is 6.42. The highest BCUT2D eigenvalue weighted by Crippen LogP contribution is 2.21. The molecule has 0 aliphatic rings. The minimum Gasteiger partial charge on any atom is -0.465 e. The maximum atomic E-state index is 11.8. The molecule has 0 N–H and O–H groups in total. The van der Waals surface area contributed by atoms with E-state index in [-0.39, 0.29) is 0 Å². The van der Waals surface area contributed by atoms with Gasteiger partial charge in [-0.2, -0.15) is 5.10 Å². The SMILES string of the molecule is COC(=O)c1cnn2c(C)c(Cc3cccc(C)c3)c(C)nc12. The third-order valence-corrected chi connectivity index (χ3v) is 4.08. The number of fused-ring (bicyclic) bond motifs is 1. The van der Waals surface area contributed by atoms with Gasteiger partial charge in [-0.05, 0) is 31.9 Å². The van der Waals surface area contributed by atoms with Gasteiger partial charge in [0.1, 0.15) is 5.56 Å². The van der Waals surface area contributed by atoms with Gasteiger partial charge in [-0.25, -0.2) is 14.3 Å². The van der Waals surface area contributed by atoms with Crippen molar-refractivity contribution in [3.8, 4) is 0 Å². The lowest BCUT2D eigenvalue weighted by molar-refractivity contribution is 0.0602. The molecule has 1 aromatic carbocycles. The van der Waals surface area contributed by atoms with Crippen molar-refractivity contribution in [2.45, 2.75) is 27.2 Å². The molecule has 118 valence electrons. The Kier molecular flexibility index (Phi) is 3.86. The number of esters is 1. The minimum atomic E-state index is -0.419. The number of ether oxygens (including phenoxy) is 1. The number of aryl methyl sites for hydroxylation is 3. The molecule has 0 fully saturated rings. The zero-order chi connectivity index (χ0) is 16.6.